The smallest absolute Gasteiger partial charge is 0.244 e. The first-order valence-corrected chi connectivity index (χ1v) is 5.26. The van der Waals surface area contributed by atoms with Crippen LogP contribution in [0.2, 0.25) is 0 Å². The molecule has 0 saturated heterocycles. The first-order valence-electron chi connectivity index (χ1n) is 5.26. The summed E-state index contributed by atoms with van der Waals surface area (Å²) in [5.74, 6) is -2.64. The molecule has 0 spiro atoms. The summed E-state index contributed by atoms with van der Waals surface area (Å²) < 4.78 is 48.2. The first-order chi connectivity index (χ1) is 7.34. The summed E-state index contributed by atoms with van der Waals surface area (Å²) in [4.78, 5) is 0. The second kappa shape index (κ2) is 9.43. The van der Waals surface area contributed by atoms with Crippen LogP contribution in [-0.2, 0) is 0 Å². The van der Waals surface area contributed by atoms with Crippen LogP contribution in [0, 0.1) is 0 Å². The zero-order chi connectivity index (χ0) is 13.2. The average molecular weight is 240 g/mol. The Kier molecular flexibility index (Phi) is 10.4. The van der Waals surface area contributed by atoms with Crippen LogP contribution in [0.4, 0.5) is 17.6 Å². The van der Waals surface area contributed by atoms with E-state index in [1.54, 1.807) is 13.8 Å². The van der Waals surface area contributed by atoms with Gasteiger partial charge in [0.05, 0.1) is 0 Å². The number of halogens is 4. The van der Waals surface area contributed by atoms with Gasteiger partial charge in [-0.1, -0.05) is 32.9 Å². The second-order valence-corrected chi connectivity index (χ2v) is 3.32. The van der Waals surface area contributed by atoms with E-state index in [0.717, 1.165) is 6.08 Å². The van der Waals surface area contributed by atoms with E-state index in [-0.39, 0.29) is 12.8 Å². The van der Waals surface area contributed by atoms with Gasteiger partial charge in [0.2, 0.25) is 0 Å². The molecule has 4 heteroatoms. The summed E-state index contributed by atoms with van der Waals surface area (Å²) in [6.07, 6.45) is -0.555. The fourth-order valence-electron chi connectivity index (χ4n) is 0.808. The van der Waals surface area contributed by atoms with Gasteiger partial charge in [0, 0.05) is 6.42 Å². The first kappa shape index (κ1) is 17.6. The van der Waals surface area contributed by atoms with Crippen molar-refractivity contribution in [1.29, 1.82) is 0 Å². The van der Waals surface area contributed by atoms with Gasteiger partial charge in [-0.25, -0.2) is 17.6 Å². The lowest BCUT2D eigenvalue weighted by Gasteiger charge is -2.07. The van der Waals surface area contributed by atoms with Gasteiger partial charge in [0.15, 0.2) is 0 Å². The normalized spacial score (nSPS) is 14.4. The second-order valence-electron chi connectivity index (χ2n) is 3.32. The van der Waals surface area contributed by atoms with E-state index >= 15 is 0 Å². The van der Waals surface area contributed by atoms with E-state index in [9.17, 15) is 17.6 Å². The molecule has 0 aromatic carbocycles. The third-order valence-corrected chi connectivity index (χ3v) is 1.84. The van der Waals surface area contributed by atoms with Gasteiger partial charge >= 0.3 is 0 Å². The lowest BCUT2D eigenvalue weighted by Crippen LogP contribution is -2.12. The van der Waals surface area contributed by atoms with Crippen LogP contribution in [-0.4, -0.2) is 18.3 Å². The number of allylic oxidation sites excluding steroid dienone is 2. The van der Waals surface area contributed by atoms with Crippen LogP contribution in [0.5, 0.6) is 0 Å². The highest BCUT2D eigenvalue weighted by molar-refractivity contribution is 4.85. The van der Waals surface area contributed by atoms with E-state index < -0.39 is 18.3 Å². The molecule has 0 heterocycles. The van der Waals surface area contributed by atoms with Crippen molar-refractivity contribution in [2.45, 2.75) is 51.4 Å². The zero-order valence-electron chi connectivity index (χ0n) is 9.86. The average Bonchev–Trinajstić information content (AvgIpc) is 2.27. The fourth-order valence-corrected chi connectivity index (χ4v) is 0.808. The van der Waals surface area contributed by atoms with Crippen LogP contribution in [0.3, 0.4) is 0 Å². The number of hydrogen-bond acceptors (Lipinski definition) is 0. The third-order valence-electron chi connectivity index (χ3n) is 1.84. The Morgan fingerprint density at radius 1 is 1.19 bits per heavy atom. The molecule has 0 N–H and O–H groups in total. The van der Waals surface area contributed by atoms with Crippen molar-refractivity contribution in [3.63, 3.8) is 0 Å². The van der Waals surface area contributed by atoms with Crippen LogP contribution >= 0.6 is 0 Å². The Morgan fingerprint density at radius 2 is 1.69 bits per heavy atom. The molecular formula is C12H20F4. The lowest BCUT2D eigenvalue weighted by atomic mass is 10.2. The molecule has 0 radical (unpaired) electrons. The molecule has 0 bridgehead atoms. The van der Waals surface area contributed by atoms with E-state index in [2.05, 4.69) is 13.2 Å². The molecule has 0 aromatic rings. The summed E-state index contributed by atoms with van der Waals surface area (Å²) in [6, 6.07) is 0. The standard InChI is InChI=1S/2C6H10F2/c1-3-5-6(7,8)4-2;1-3-5(7)6(8)4-2/h4H,2-3,5H2,1H3;3,5-6H,1,4H2,2H3. The lowest BCUT2D eigenvalue weighted by molar-refractivity contribution is 0.0453. The molecule has 2 unspecified atom stereocenters. The van der Waals surface area contributed by atoms with E-state index in [4.69, 9.17) is 0 Å². The molecular weight excluding hydrogens is 220 g/mol. The summed E-state index contributed by atoms with van der Waals surface area (Å²) in [5.41, 5.74) is 0. The third kappa shape index (κ3) is 9.74. The Bertz CT molecular complexity index is 189. The quantitative estimate of drug-likeness (QED) is 0.459. The summed E-state index contributed by atoms with van der Waals surface area (Å²) in [7, 11) is 0. The molecule has 0 aromatic heterocycles. The van der Waals surface area contributed by atoms with Gasteiger partial charge < -0.3 is 0 Å². The predicted octanol–water partition coefficient (Wildman–Crippen LogP) is 4.87. The fraction of sp³-hybridized carbons (Fsp3) is 0.667. The number of rotatable bonds is 6. The number of hydrogen-bond donors (Lipinski definition) is 0. The van der Waals surface area contributed by atoms with Gasteiger partial charge in [0.1, 0.15) is 12.3 Å². The summed E-state index contributed by atoms with van der Waals surface area (Å²) >= 11 is 0. The van der Waals surface area contributed by atoms with E-state index in [0.29, 0.717) is 12.5 Å². The summed E-state index contributed by atoms with van der Waals surface area (Å²) in [5, 5.41) is 0. The topological polar surface area (TPSA) is 0 Å². The van der Waals surface area contributed by atoms with E-state index in [1.165, 1.54) is 0 Å². The molecule has 0 rings (SSSR count). The van der Waals surface area contributed by atoms with Crippen molar-refractivity contribution in [2.75, 3.05) is 0 Å². The minimum atomic E-state index is -2.64. The molecule has 0 fully saturated rings. The van der Waals surface area contributed by atoms with Crippen LogP contribution in [0.1, 0.15) is 33.1 Å². The molecule has 0 saturated carbocycles. The molecule has 2 atom stereocenters. The van der Waals surface area contributed by atoms with Crippen molar-refractivity contribution in [3.8, 4) is 0 Å². The predicted molar refractivity (Wildman–Crippen MR) is 60.3 cm³/mol. The summed E-state index contributed by atoms with van der Waals surface area (Å²) in [6.45, 7) is 9.43. The molecule has 0 aliphatic rings. The van der Waals surface area contributed by atoms with Crippen molar-refractivity contribution in [2.24, 2.45) is 0 Å². The molecule has 0 aliphatic carbocycles. The van der Waals surface area contributed by atoms with Crippen molar-refractivity contribution in [3.05, 3.63) is 25.3 Å². The monoisotopic (exact) mass is 240 g/mol. The Labute approximate surface area is 95.0 Å². The molecule has 0 nitrogen and oxygen atoms in total. The minimum Gasteiger partial charge on any atom is -0.244 e. The van der Waals surface area contributed by atoms with Crippen molar-refractivity contribution < 1.29 is 17.6 Å². The van der Waals surface area contributed by atoms with Gasteiger partial charge in [-0.05, 0) is 12.5 Å². The van der Waals surface area contributed by atoms with Gasteiger partial charge in [-0.15, -0.1) is 6.58 Å². The van der Waals surface area contributed by atoms with Crippen molar-refractivity contribution in [1.82, 2.24) is 0 Å². The maximum atomic E-state index is 12.1. The maximum Gasteiger partial charge on any atom is 0.266 e. The highest BCUT2D eigenvalue weighted by Gasteiger charge is 2.21. The SMILES string of the molecule is C=CC(F)(F)CCC.C=CC(F)C(F)CC. The molecule has 16 heavy (non-hydrogen) atoms. The molecule has 96 valence electrons. The van der Waals surface area contributed by atoms with Gasteiger partial charge in [-0.2, -0.15) is 0 Å². The van der Waals surface area contributed by atoms with E-state index in [1.807, 2.05) is 0 Å². The minimum absolute atomic E-state index is 0.0868. The van der Waals surface area contributed by atoms with Gasteiger partial charge in [-0.3, -0.25) is 0 Å². The zero-order valence-corrected chi connectivity index (χ0v) is 9.86. The Balaban J connectivity index is 0. The van der Waals surface area contributed by atoms with Crippen LogP contribution in [0.25, 0.3) is 0 Å². The Hall–Kier alpha value is -0.800. The Morgan fingerprint density at radius 3 is 1.81 bits per heavy atom. The maximum absolute atomic E-state index is 12.1. The van der Waals surface area contributed by atoms with Gasteiger partial charge in [0.25, 0.3) is 5.92 Å². The number of alkyl halides is 4. The highest BCUT2D eigenvalue weighted by Crippen LogP contribution is 2.20. The molecule has 0 aliphatic heterocycles. The van der Waals surface area contributed by atoms with Crippen molar-refractivity contribution >= 4 is 0 Å². The van der Waals surface area contributed by atoms with Crippen LogP contribution < -0.4 is 0 Å². The molecule has 0 amide bonds. The van der Waals surface area contributed by atoms with Crippen LogP contribution in [0.15, 0.2) is 25.3 Å². The largest absolute Gasteiger partial charge is 0.266 e. The highest BCUT2D eigenvalue weighted by atomic mass is 19.3.